The number of carbonyl (C=O) groups excluding carboxylic acids is 1. The third-order valence-electron chi connectivity index (χ3n) is 3.63. The maximum atomic E-state index is 11.8. The standard InChI is InChI=1S/C15H22N2O2.ClH/c1-11(13-3-5-14(19-2)6-4-13)7-15(18)17-10-12-8-16-9-12;/h3-6,11-12,16H,7-10H2,1-2H3,(H,17,18);1H. The predicted molar refractivity (Wildman–Crippen MR) is 82.6 cm³/mol. The van der Waals surface area contributed by atoms with Crippen LogP contribution in [-0.4, -0.2) is 32.7 Å². The highest BCUT2D eigenvalue weighted by molar-refractivity contribution is 5.85. The molecule has 2 rings (SSSR count). The van der Waals surface area contributed by atoms with E-state index in [9.17, 15) is 4.79 Å². The first-order valence-electron chi connectivity index (χ1n) is 6.80. The van der Waals surface area contributed by atoms with E-state index < -0.39 is 0 Å². The fraction of sp³-hybridized carbons (Fsp3) is 0.533. The largest absolute Gasteiger partial charge is 0.497 e. The molecule has 112 valence electrons. The van der Waals surface area contributed by atoms with E-state index >= 15 is 0 Å². The van der Waals surface area contributed by atoms with Crippen molar-refractivity contribution in [3.05, 3.63) is 29.8 Å². The topological polar surface area (TPSA) is 50.4 Å². The third kappa shape index (κ3) is 4.69. The van der Waals surface area contributed by atoms with Gasteiger partial charge in [0.1, 0.15) is 5.75 Å². The lowest BCUT2D eigenvalue weighted by atomic mass is 9.97. The van der Waals surface area contributed by atoms with E-state index in [0.717, 1.165) is 25.4 Å². The number of halogens is 1. The fourth-order valence-electron chi connectivity index (χ4n) is 2.15. The Hall–Kier alpha value is -1.26. The summed E-state index contributed by atoms with van der Waals surface area (Å²) in [6, 6.07) is 7.91. The Bertz CT molecular complexity index is 418. The van der Waals surface area contributed by atoms with Gasteiger partial charge in [0.05, 0.1) is 7.11 Å². The van der Waals surface area contributed by atoms with E-state index in [1.54, 1.807) is 7.11 Å². The number of rotatable bonds is 6. The number of nitrogens with one attached hydrogen (secondary N) is 2. The van der Waals surface area contributed by atoms with E-state index in [0.29, 0.717) is 12.3 Å². The molecular weight excluding hydrogens is 276 g/mol. The van der Waals surface area contributed by atoms with Crippen LogP contribution >= 0.6 is 12.4 Å². The number of amides is 1. The van der Waals surface area contributed by atoms with E-state index in [-0.39, 0.29) is 24.2 Å². The Morgan fingerprint density at radius 3 is 2.55 bits per heavy atom. The second-order valence-electron chi connectivity index (χ2n) is 5.21. The van der Waals surface area contributed by atoms with Crippen LogP contribution in [0.2, 0.25) is 0 Å². The Balaban J connectivity index is 0.00000200. The summed E-state index contributed by atoms with van der Waals surface area (Å²) in [7, 11) is 1.65. The Kier molecular flexibility index (Phi) is 6.82. The molecule has 0 aliphatic carbocycles. The zero-order valence-corrected chi connectivity index (χ0v) is 12.8. The molecule has 0 bridgehead atoms. The SMILES string of the molecule is COc1ccc(C(C)CC(=O)NCC2CNC2)cc1.Cl. The zero-order valence-electron chi connectivity index (χ0n) is 12.0. The van der Waals surface area contributed by atoms with Crippen LogP contribution in [0.4, 0.5) is 0 Å². The van der Waals surface area contributed by atoms with Gasteiger partial charge in [-0.3, -0.25) is 4.79 Å². The monoisotopic (exact) mass is 298 g/mol. The molecule has 1 unspecified atom stereocenters. The fourth-order valence-corrected chi connectivity index (χ4v) is 2.15. The van der Waals surface area contributed by atoms with Crippen molar-refractivity contribution in [2.24, 2.45) is 5.92 Å². The van der Waals surface area contributed by atoms with Crippen molar-refractivity contribution in [2.45, 2.75) is 19.3 Å². The first kappa shape index (κ1) is 16.8. The van der Waals surface area contributed by atoms with Gasteiger partial charge in [-0.25, -0.2) is 0 Å². The highest BCUT2D eigenvalue weighted by Crippen LogP contribution is 2.21. The smallest absolute Gasteiger partial charge is 0.220 e. The lowest BCUT2D eigenvalue weighted by Crippen LogP contribution is -2.48. The van der Waals surface area contributed by atoms with Crippen molar-refractivity contribution >= 4 is 18.3 Å². The zero-order chi connectivity index (χ0) is 13.7. The number of benzene rings is 1. The molecule has 0 radical (unpaired) electrons. The molecule has 1 heterocycles. The minimum atomic E-state index is 0. The number of hydrogen-bond acceptors (Lipinski definition) is 3. The van der Waals surface area contributed by atoms with Gasteiger partial charge in [0.15, 0.2) is 0 Å². The maximum Gasteiger partial charge on any atom is 0.220 e. The molecule has 0 aromatic heterocycles. The lowest BCUT2D eigenvalue weighted by molar-refractivity contribution is -0.121. The maximum absolute atomic E-state index is 11.8. The first-order chi connectivity index (χ1) is 9.19. The molecule has 2 N–H and O–H groups in total. The van der Waals surface area contributed by atoms with Gasteiger partial charge in [-0.1, -0.05) is 19.1 Å². The Morgan fingerprint density at radius 2 is 2.05 bits per heavy atom. The van der Waals surface area contributed by atoms with Crippen LogP contribution in [0, 0.1) is 5.92 Å². The molecule has 0 saturated carbocycles. The summed E-state index contributed by atoms with van der Waals surface area (Å²) in [5.41, 5.74) is 1.17. The number of carbonyl (C=O) groups is 1. The predicted octanol–water partition coefficient (Wildman–Crippen LogP) is 1.95. The van der Waals surface area contributed by atoms with Crippen molar-refractivity contribution in [2.75, 3.05) is 26.7 Å². The van der Waals surface area contributed by atoms with Crippen molar-refractivity contribution < 1.29 is 9.53 Å². The molecule has 5 heteroatoms. The Labute approximate surface area is 126 Å². The van der Waals surface area contributed by atoms with Gasteiger partial charge < -0.3 is 15.4 Å². The van der Waals surface area contributed by atoms with Gasteiger partial charge in [0, 0.05) is 32.0 Å². The van der Waals surface area contributed by atoms with Crippen LogP contribution in [-0.2, 0) is 4.79 Å². The molecule has 1 fully saturated rings. The van der Waals surface area contributed by atoms with Gasteiger partial charge in [-0.05, 0) is 23.6 Å². The normalized spacial score (nSPS) is 15.7. The summed E-state index contributed by atoms with van der Waals surface area (Å²) in [5, 5.41) is 6.20. The molecule has 1 aliphatic rings. The average molecular weight is 299 g/mol. The van der Waals surface area contributed by atoms with Crippen LogP contribution in [0.15, 0.2) is 24.3 Å². The molecule has 4 nitrogen and oxygen atoms in total. The van der Waals surface area contributed by atoms with Crippen molar-refractivity contribution in [3.63, 3.8) is 0 Å². The molecule has 1 aromatic rings. The number of methoxy groups -OCH3 is 1. The van der Waals surface area contributed by atoms with Crippen LogP contribution in [0.3, 0.4) is 0 Å². The first-order valence-corrected chi connectivity index (χ1v) is 6.80. The molecular formula is C15H23ClN2O2. The highest BCUT2D eigenvalue weighted by Gasteiger charge is 2.18. The highest BCUT2D eigenvalue weighted by atomic mass is 35.5. The molecule has 1 saturated heterocycles. The third-order valence-corrected chi connectivity index (χ3v) is 3.63. The molecule has 0 spiro atoms. The van der Waals surface area contributed by atoms with Gasteiger partial charge in [-0.2, -0.15) is 0 Å². The van der Waals surface area contributed by atoms with Crippen LogP contribution in [0.1, 0.15) is 24.8 Å². The van der Waals surface area contributed by atoms with Crippen LogP contribution in [0.25, 0.3) is 0 Å². The second-order valence-corrected chi connectivity index (χ2v) is 5.21. The summed E-state index contributed by atoms with van der Waals surface area (Å²) >= 11 is 0. The van der Waals surface area contributed by atoms with Crippen LogP contribution in [0.5, 0.6) is 5.75 Å². The average Bonchev–Trinajstić information content (AvgIpc) is 2.37. The van der Waals surface area contributed by atoms with E-state index in [2.05, 4.69) is 17.6 Å². The quantitative estimate of drug-likeness (QED) is 0.844. The molecule has 20 heavy (non-hydrogen) atoms. The summed E-state index contributed by atoms with van der Waals surface area (Å²) in [4.78, 5) is 11.8. The van der Waals surface area contributed by atoms with Gasteiger partial charge in [0.2, 0.25) is 5.91 Å². The van der Waals surface area contributed by atoms with E-state index in [1.165, 1.54) is 5.56 Å². The summed E-state index contributed by atoms with van der Waals surface area (Å²) in [5.74, 6) is 1.82. The molecule has 1 aromatic carbocycles. The van der Waals surface area contributed by atoms with Gasteiger partial charge in [0.25, 0.3) is 0 Å². The summed E-state index contributed by atoms with van der Waals surface area (Å²) in [6.45, 7) is 4.91. The minimum absolute atomic E-state index is 0. The van der Waals surface area contributed by atoms with Gasteiger partial charge in [-0.15, -0.1) is 12.4 Å². The minimum Gasteiger partial charge on any atom is -0.497 e. The van der Waals surface area contributed by atoms with Crippen molar-refractivity contribution in [3.8, 4) is 5.75 Å². The molecule has 1 aliphatic heterocycles. The van der Waals surface area contributed by atoms with Crippen molar-refractivity contribution in [1.29, 1.82) is 0 Å². The summed E-state index contributed by atoms with van der Waals surface area (Å²) < 4.78 is 5.13. The second kappa shape index (κ2) is 8.12. The summed E-state index contributed by atoms with van der Waals surface area (Å²) in [6.07, 6.45) is 0.534. The van der Waals surface area contributed by atoms with Gasteiger partial charge >= 0.3 is 0 Å². The van der Waals surface area contributed by atoms with Crippen molar-refractivity contribution in [1.82, 2.24) is 10.6 Å². The molecule has 1 atom stereocenters. The number of ether oxygens (including phenoxy) is 1. The lowest BCUT2D eigenvalue weighted by Gasteiger charge is -2.27. The molecule has 1 amide bonds. The van der Waals surface area contributed by atoms with E-state index in [4.69, 9.17) is 4.74 Å². The van der Waals surface area contributed by atoms with Crippen LogP contribution < -0.4 is 15.4 Å². The number of hydrogen-bond donors (Lipinski definition) is 2. The van der Waals surface area contributed by atoms with E-state index in [1.807, 2.05) is 24.3 Å². The Morgan fingerprint density at radius 1 is 1.40 bits per heavy atom.